The van der Waals surface area contributed by atoms with Crippen LogP contribution in [-0.4, -0.2) is 34.9 Å². The number of hydrogen-bond acceptors (Lipinski definition) is 6. The minimum absolute atomic E-state index is 0.00557. The Hall–Kier alpha value is -2.37. The van der Waals surface area contributed by atoms with Gasteiger partial charge in [0.25, 0.3) is 0 Å². The lowest BCUT2D eigenvalue weighted by Crippen LogP contribution is -2.26. The molecule has 22 heavy (non-hydrogen) atoms. The standard InChI is InChI=1S/C16H16O6/c1-8-2-3-10(17)6-13-16(20)15-9(5-14(19)21-8)4-11(18)7-12(15)22-13/h4,7-8,13,18H,2-3,5-6H2,1H3/t8-,13?/m1/s1. The lowest BCUT2D eigenvalue weighted by Gasteiger charge is -2.15. The number of ketones is 2. The predicted molar refractivity (Wildman–Crippen MR) is 75.0 cm³/mol. The molecule has 6 heteroatoms. The number of carbonyl (C=O) groups excluding carboxylic acids is 3. The highest BCUT2D eigenvalue weighted by Gasteiger charge is 2.37. The third kappa shape index (κ3) is 2.68. The zero-order valence-corrected chi connectivity index (χ0v) is 12.1. The number of phenolic OH excluding ortho intramolecular Hbond substituents is 1. The molecule has 0 amide bonds. The Morgan fingerprint density at radius 3 is 2.73 bits per heavy atom. The van der Waals surface area contributed by atoms with Crippen LogP contribution >= 0.6 is 0 Å². The highest BCUT2D eigenvalue weighted by Crippen LogP contribution is 2.37. The monoisotopic (exact) mass is 304 g/mol. The molecule has 1 aromatic carbocycles. The molecule has 0 spiro atoms. The summed E-state index contributed by atoms with van der Waals surface area (Å²) in [7, 11) is 0. The van der Waals surface area contributed by atoms with E-state index in [1.807, 2.05) is 0 Å². The van der Waals surface area contributed by atoms with Crippen molar-refractivity contribution in [3.63, 3.8) is 0 Å². The molecule has 1 aromatic rings. The lowest BCUT2D eigenvalue weighted by molar-refractivity contribution is -0.148. The second kappa shape index (κ2) is 5.44. The molecule has 6 nitrogen and oxygen atoms in total. The Labute approximate surface area is 127 Å². The van der Waals surface area contributed by atoms with E-state index in [0.717, 1.165) is 0 Å². The Bertz CT molecular complexity index is 663. The van der Waals surface area contributed by atoms with Gasteiger partial charge in [0.05, 0.1) is 24.5 Å². The fraction of sp³-hybridized carbons (Fsp3) is 0.438. The Kier molecular flexibility index (Phi) is 3.60. The molecule has 0 fully saturated rings. The maximum atomic E-state index is 12.4. The average molecular weight is 304 g/mol. The van der Waals surface area contributed by atoms with Gasteiger partial charge in [-0.25, -0.2) is 0 Å². The largest absolute Gasteiger partial charge is 0.508 e. The SMILES string of the molecule is C[C@@H]1CCC(=O)CC2Oc3cc(O)cc(c3C2=O)CC(=O)O1. The summed E-state index contributed by atoms with van der Waals surface area (Å²) in [5.74, 6) is -0.799. The molecule has 0 aromatic heterocycles. The van der Waals surface area contributed by atoms with Gasteiger partial charge >= 0.3 is 5.97 Å². The van der Waals surface area contributed by atoms with Crippen LogP contribution in [0.5, 0.6) is 11.5 Å². The number of phenols is 1. The molecule has 2 heterocycles. The van der Waals surface area contributed by atoms with Crippen molar-refractivity contribution in [1.82, 2.24) is 0 Å². The van der Waals surface area contributed by atoms with Crippen LogP contribution in [0.15, 0.2) is 12.1 Å². The normalized spacial score (nSPS) is 25.0. The van der Waals surface area contributed by atoms with E-state index in [4.69, 9.17) is 9.47 Å². The second-order valence-corrected chi connectivity index (χ2v) is 5.71. The van der Waals surface area contributed by atoms with Crippen molar-refractivity contribution >= 4 is 17.5 Å². The van der Waals surface area contributed by atoms with E-state index in [2.05, 4.69) is 0 Å². The van der Waals surface area contributed by atoms with Crippen molar-refractivity contribution in [1.29, 1.82) is 0 Å². The number of cyclic esters (lactones) is 1. The van der Waals surface area contributed by atoms with Crippen molar-refractivity contribution in [2.75, 3.05) is 0 Å². The summed E-state index contributed by atoms with van der Waals surface area (Å²) in [6, 6.07) is 2.69. The molecular weight excluding hydrogens is 288 g/mol. The molecule has 2 aliphatic rings. The van der Waals surface area contributed by atoms with E-state index < -0.39 is 12.1 Å². The molecule has 0 saturated heterocycles. The second-order valence-electron chi connectivity index (χ2n) is 5.71. The van der Waals surface area contributed by atoms with E-state index in [0.29, 0.717) is 12.0 Å². The molecule has 0 saturated carbocycles. The quantitative estimate of drug-likeness (QED) is 0.732. The van der Waals surface area contributed by atoms with Gasteiger partial charge in [-0.1, -0.05) is 0 Å². The molecule has 1 unspecified atom stereocenters. The van der Waals surface area contributed by atoms with Gasteiger partial charge in [0, 0.05) is 12.5 Å². The maximum Gasteiger partial charge on any atom is 0.310 e. The third-order valence-electron chi connectivity index (χ3n) is 3.89. The summed E-state index contributed by atoms with van der Waals surface area (Å²) in [5.41, 5.74) is 0.633. The van der Waals surface area contributed by atoms with E-state index in [9.17, 15) is 19.5 Å². The van der Waals surface area contributed by atoms with Crippen LogP contribution in [0.4, 0.5) is 0 Å². The Morgan fingerprint density at radius 1 is 1.18 bits per heavy atom. The lowest BCUT2D eigenvalue weighted by atomic mass is 9.96. The number of hydrogen-bond donors (Lipinski definition) is 1. The van der Waals surface area contributed by atoms with Gasteiger partial charge in [0.1, 0.15) is 17.3 Å². The van der Waals surface area contributed by atoms with Crippen LogP contribution in [-0.2, 0) is 20.7 Å². The van der Waals surface area contributed by atoms with Crippen molar-refractivity contribution in [3.05, 3.63) is 23.3 Å². The van der Waals surface area contributed by atoms with Gasteiger partial charge in [-0.3, -0.25) is 14.4 Å². The molecule has 3 rings (SSSR count). The first-order valence-electron chi connectivity index (χ1n) is 7.22. The molecular formula is C16H16O6. The highest BCUT2D eigenvalue weighted by molar-refractivity contribution is 6.08. The van der Waals surface area contributed by atoms with Crippen molar-refractivity contribution < 1.29 is 29.0 Å². The van der Waals surface area contributed by atoms with Crippen LogP contribution in [0, 0.1) is 0 Å². The first-order chi connectivity index (χ1) is 10.4. The minimum Gasteiger partial charge on any atom is -0.508 e. The van der Waals surface area contributed by atoms with Crippen LogP contribution in [0.2, 0.25) is 0 Å². The summed E-state index contributed by atoms with van der Waals surface area (Å²) < 4.78 is 10.7. The van der Waals surface area contributed by atoms with Crippen LogP contribution in [0.1, 0.15) is 42.1 Å². The van der Waals surface area contributed by atoms with Gasteiger partial charge in [0.15, 0.2) is 6.10 Å². The molecule has 0 radical (unpaired) electrons. The van der Waals surface area contributed by atoms with Crippen LogP contribution < -0.4 is 4.74 Å². The van der Waals surface area contributed by atoms with E-state index in [1.165, 1.54) is 12.1 Å². The van der Waals surface area contributed by atoms with Crippen molar-refractivity contribution in [3.8, 4) is 11.5 Å². The summed E-state index contributed by atoms with van der Waals surface area (Å²) in [4.78, 5) is 36.3. The number of Topliss-reactive ketones (excluding diaryl/α,β-unsaturated/α-hetero) is 2. The summed E-state index contributed by atoms with van der Waals surface area (Å²) in [5, 5.41) is 9.73. The van der Waals surface area contributed by atoms with Crippen LogP contribution in [0.25, 0.3) is 0 Å². The third-order valence-corrected chi connectivity index (χ3v) is 3.89. The summed E-state index contributed by atoms with van der Waals surface area (Å²) in [6.07, 6.45) is -0.705. The number of esters is 1. The minimum atomic E-state index is -0.867. The maximum absolute atomic E-state index is 12.4. The molecule has 0 aliphatic carbocycles. The summed E-state index contributed by atoms with van der Waals surface area (Å²) >= 11 is 0. The van der Waals surface area contributed by atoms with Crippen molar-refractivity contribution in [2.24, 2.45) is 0 Å². The number of aromatic hydroxyl groups is 1. The topological polar surface area (TPSA) is 89.9 Å². The van der Waals surface area contributed by atoms with Gasteiger partial charge in [-0.15, -0.1) is 0 Å². The highest BCUT2D eigenvalue weighted by atomic mass is 16.5. The molecule has 2 atom stereocenters. The number of rotatable bonds is 0. The number of carbonyl (C=O) groups is 3. The fourth-order valence-corrected chi connectivity index (χ4v) is 2.82. The van der Waals surface area contributed by atoms with Gasteiger partial charge < -0.3 is 14.6 Å². The fourth-order valence-electron chi connectivity index (χ4n) is 2.82. The zero-order chi connectivity index (χ0) is 15.9. The zero-order valence-electron chi connectivity index (χ0n) is 12.1. The molecule has 116 valence electrons. The molecule has 2 bridgehead atoms. The van der Waals surface area contributed by atoms with Gasteiger partial charge in [-0.05, 0) is 25.0 Å². The first-order valence-corrected chi connectivity index (χ1v) is 7.22. The van der Waals surface area contributed by atoms with Gasteiger partial charge in [0.2, 0.25) is 5.78 Å². The number of fused-ring (bicyclic) bond motifs is 1. The van der Waals surface area contributed by atoms with Gasteiger partial charge in [-0.2, -0.15) is 0 Å². The smallest absolute Gasteiger partial charge is 0.310 e. The average Bonchev–Trinajstić information content (AvgIpc) is 2.72. The Balaban J connectivity index is 2.02. The molecule has 2 aliphatic heterocycles. The van der Waals surface area contributed by atoms with E-state index >= 15 is 0 Å². The first kappa shape index (κ1) is 14.6. The number of ether oxygens (including phenoxy) is 2. The number of benzene rings is 1. The Morgan fingerprint density at radius 2 is 1.95 bits per heavy atom. The van der Waals surface area contributed by atoms with Crippen LogP contribution in [0.3, 0.4) is 0 Å². The predicted octanol–water partition coefficient (Wildman–Crippen LogP) is 1.56. The summed E-state index contributed by atoms with van der Waals surface area (Å²) in [6.45, 7) is 1.73. The molecule has 1 N–H and O–H groups in total. The van der Waals surface area contributed by atoms with Crippen molar-refractivity contribution in [2.45, 2.75) is 44.8 Å². The van der Waals surface area contributed by atoms with E-state index in [1.54, 1.807) is 6.92 Å². The van der Waals surface area contributed by atoms with E-state index in [-0.39, 0.29) is 54.0 Å².